The first-order valence-corrected chi connectivity index (χ1v) is 6.39. The van der Waals surface area contributed by atoms with Crippen LogP contribution in [0.3, 0.4) is 0 Å². The van der Waals surface area contributed by atoms with Crippen molar-refractivity contribution in [3.05, 3.63) is 34.9 Å². The van der Waals surface area contributed by atoms with Gasteiger partial charge in [0.1, 0.15) is 0 Å². The van der Waals surface area contributed by atoms with Crippen LogP contribution in [-0.2, 0) is 0 Å². The Kier molecular flexibility index (Phi) is 7.46. The zero-order valence-electron chi connectivity index (χ0n) is 11.9. The maximum Gasteiger partial charge on any atom is 0.251 e. The molecular formula is C15H22N2O. The van der Waals surface area contributed by atoms with E-state index in [-0.39, 0.29) is 11.9 Å². The number of carbonyl (C=O) groups excluding carboxylic acids is 1. The second kappa shape index (κ2) is 8.30. The highest BCUT2D eigenvalue weighted by Crippen LogP contribution is 2.09. The van der Waals surface area contributed by atoms with Gasteiger partial charge in [-0.2, -0.15) is 5.26 Å². The van der Waals surface area contributed by atoms with Gasteiger partial charge >= 0.3 is 0 Å². The van der Waals surface area contributed by atoms with Gasteiger partial charge < -0.3 is 5.32 Å². The molecule has 0 bridgehead atoms. The van der Waals surface area contributed by atoms with Crippen LogP contribution in [0, 0.1) is 18.3 Å². The minimum Gasteiger partial charge on any atom is -0.350 e. The summed E-state index contributed by atoms with van der Waals surface area (Å²) in [6.07, 6.45) is 0.892. The Labute approximate surface area is 110 Å². The summed E-state index contributed by atoms with van der Waals surface area (Å²) in [4.78, 5) is 11.8. The summed E-state index contributed by atoms with van der Waals surface area (Å²) in [6, 6.07) is 7.37. The Morgan fingerprint density at radius 2 is 2.00 bits per heavy atom. The normalized spacial score (nSPS) is 10.7. The molecule has 1 amide bonds. The highest BCUT2D eigenvalue weighted by Gasteiger charge is 2.09. The van der Waals surface area contributed by atoms with E-state index in [2.05, 4.69) is 11.4 Å². The van der Waals surface area contributed by atoms with Gasteiger partial charge in [-0.15, -0.1) is 0 Å². The minimum absolute atomic E-state index is 0.116. The second-order valence-corrected chi connectivity index (χ2v) is 3.98. The molecule has 0 aliphatic rings. The Morgan fingerprint density at radius 1 is 1.39 bits per heavy atom. The third kappa shape index (κ3) is 5.01. The fourth-order valence-electron chi connectivity index (χ4n) is 1.39. The number of hydrogen-bond acceptors (Lipinski definition) is 2. The van der Waals surface area contributed by atoms with Crippen LogP contribution in [0.25, 0.3) is 0 Å². The van der Waals surface area contributed by atoms with Crippen molar-refractivity contribution in [1.82, 2.24) is 5.32 Å². The number of nitrogens with one attached hydrogen (secondary N) is 1. The van der Waals surface area contributed by atoms with Crippen molar-refractivity contribution in [1.29, 1.82) is 5.26 Å². The third-order valence-corrected chi connectivity index (χ3v) is 2.46. The molecule has 0 spiro atoms. The summed E-state index contributed by atoms with van der Waals surface area (Å²) >= 11 is 0. The lowest BCUT2D eigenvalue weighted by Crippen LogP contribution is -2.31. The number of nitriles is 1. The Morgan fingerprint density at radius 3 is 2.50 bits per heavy atom. The number of amides is 1. The van der Waals surface area contributed by atoms with Crippen molar-refractivity contribution in [3.63, 3.8) is 0 Å². The maximum atomic E-state index is 11.8. The van der Waals surface area contributed by atoms with E-state index >= 15 is 0 Å². The van der Waals surface area contributed by atoms with Crippen LogP contribution in [0.5, 0.6) is 0 Å². The Hall–Kier alpha value is -1.82. The second-order valence-electron chi connectivity index (χ2n) is 3.98. The first-order valence-electron chi connectivity index (χ1n) is 6.39. The van der Waals surface area contributed by atoms with E-state index in [0.29, 0.717) is 11.1 Å². The van der Waals surface area contributed by atoms with Crippen LogP contribution in [0.15, 0.2) is 18.2 Å². The number of aryl methyl sites for hydroxylation is 1. The first kappa shape index (κ1) is 16.2. The minimum atomic E-state index is -0.116. The Bertz CT molecular complexity index is 433. The molecular weight excluding hydrogens is 224 g/mol. The molecule has 1 rings (SSSR count). The molecule has 1 aromatic carbocycles. The van der Waals surface area contributed by atoms with Crippen molar-refractivity contribution in [2.24, 2.45) is 0 Å². The molecule has 0 fully saturated rings. The molecule has 0 aliphatic carbocycles. The lowest BCUT2D eigenvalue weighted by Gasteiger charge is -2.11. The van der Waals surface area contributed by atoms with Gasteiger partial charge in [-0.1, -0.05) is 20.8 Å². The van der Waals surface area contributed by atoms with Gasteiger partial charge in [-0.05, 0) is 44.0 Å². The van der Waals surface area contributed by atoms with Crippen molar-refractivity contribution >= 4 is 5.91 Å². The van der Waals surface area contributed by atoms with Crippen molar-refractivity contribution in [2.75, 3.05) is 0 Å². The molecule has 3 nitrogen and oxygen atoms in total. The molecule has 0 saturated heterocycles. The SMILES string of the molecule is CC.CCC(C)NC(=O)c1cc(C)cc(C#N)c1. The van der Waals surface area contributed by atoms with Crippen LogP contribution in [0.1, 0.15) is 55.6 Å². The predicted molar refractivity (Wildman–Crippen MR) is 74.5 cm³/mol. The van der Waals surface area contributed by atoms with Gasteiger partial charge in [-0.25, -0.2) is 0 Å². The number of nitrogens with zero attached hydrogens (tertiary/aromatic N) is 1. The van der Waals surface area contributed by atoms with Crippen molar-refractivity contribution in [3.8, 4) is 6.07 Å². The lowest BCUT2D eigenvalue weighted by atomic mass is 10.1. The smallest absolute Gasteiger partial charge is 0.251 e. The monoisotopic (exact) mass is 246 g/mol. The molecule has 1 unspecified atom stereocenters. The summed E-state index contributed by atoms with van der Waals surface area (Å²) in [7, 11) is 0. The molecule has 0 aliphatic heterocycles. The predicted octanol–water partition coefficient (Wildman–Crippen LogP) is 3.42. The molecule has 0 radical (unpaired) electrons. The van der Waals surface area contributed by atoms with Gasteiger partial charge in [0, 0.05) is 11.6 Å². The number of benzene rings is 1. The van der Waals surface area contributed by atoms with Crippen LogP contribution >= 0.6 is 0 Å². The van der Waals surface area contributed by atoms with Crippen LogP contribution in [0.4, 0.5) is 0 Å². The summed E-state index contributed by atoms with van der Waals surface area (Å²) in [5.74, 6) is -0.116. The topological polar surface area (TPSA) is 52.9 Å². The van der Waals surface area contributed by atoms with E-state index in [1.165, 1.54) is 0 Å². The third-order valence-electron chi connectivity index (χ3n) is 2.46. The van der Waals surface area contributed by atoms with Crippen molar-refractivity contribution in [2.45, 2.75) is 47.1 Å². The summed E-state index contributed by atoms with van der Waals surface area (Å²) in [5, 5.41) is 11.7. The molecule has 3 heteroatoms. The van der Waals surface area contributed by atoms with Crippen LogP contribution < -0.4 is 5.32 Å². The van der Waals surface area contributed by atoms with E-state index < -0.39 is 0 Å². The molecule has 1 N–H and O–H groups in total. The molecule has 1 atom stereocenters. The Balaban J connectivity index is 0.00000137. The maximum absolute atomic E-state index is 11.8. The molecule has 18 heavy (non-hydrogen) atoms. The first-order chi connectivity index (χ1) is 8.56. The fourth-order valence-corrected chi connectivity index (χ4v) is 1.39. The lowest BCUT2D eigenvalue weighted by molar-refractivity contribution is 0.0939. The summed E-state index contributed by atoms with van der Waals surface area (Å²) in [6.45, 7) is 9.85. The van der Waals surface area contributed by atoms with Gasteiger partial charge in [0.15, 0.2) is 0 Å². The highest BCUT2D eigenvalue weighted by atomic mass is 16.1. The van der Waals surface area contributed by atoms with Gasteiger partial charge in [0.05, 0.1) is 11.6 Å². The summed E-state index contributed by atoms with van der Waals surface area (Å²) in [5.41, 5.74) is 2.00. The van der Waals surface area contributed by atoms with Crippen molar-refractivity contribution < 1.29 is 4.79 Å². The van der Waals surface area contributed by atoms with Gasteiger partial charge in [0.25, 0.3) is 5.91 Å². The fraction of sp³-hybridized carbons (Fsp3) is 0.467. The van der Waals surface area contributed by atoms with Crippen LogP contribution in [0.2, 0.25) is 0 Å². The number of rotatable bonds is 3. The molecule has 1 aromatic rings. The molecule has 98 valence electrons. The summed E-state index contributed by atoms with van der Waals surface area (Å²) < 4.78 is 0. The van der Waals surface area contributed by atoms with E-state index in [9.17, 15) is 4.79 Å². The van der Waals surface area contributed by atoms with Gasteiger partial charge in [-0.3, -0.25) is 4.79 Å². The highest BCUT2D eigenvalue weighted by molar-refractivity contribution is 5.94. The average Bonchev–Trinajstić information content (AvgIpc) is 2.39. The number of carbonyl (C=O) groups is 1. The average molecular weight is 246 g/mol. The zero-order chi connectivity index (χ0) is 14.1. The van der Waals surface area contributed by atoms with E-state index in [4.69, 9.17) is 5.26 Å². The molecule has 0 aromatic heterocycles. The largest absolute Gasteiger partial charge is 0.350 e. The standard InChI is InChI=1S/C13H16N2O.C2H6/c1-4-10(3)15-13(16)12-6-9(2)5-11(7-12)8-14;1-2/h5-7,10H,4H2,1-3H3,(H,15,16);1-2H3. The van der Waals surface area contributed by atoms with Gasteiger partial charge in [0.2, 0.25) is 0 Å². The number of hydrogen-bond donors (Lipinski definition) is 1. The zero-order valence-corrected chi connectivity index (χ0v) is 11.9. The van der Waals surface area contributed by atoms with E-state index in [1.54, 1.807) is 18.2 Å². The quantitative estimate of drug-likeness (QED) is 0.888. The van der Waals surface area contributed by atoms with E-state index in [1.807, 2.05) is 34.6 Å². The molecule has 0 heterocycles. The molecule has 0 saturated carbocycles. The van der Waals surface area contributed by atoms with E-state index in [0.717, 1.165) is 12.0 Å². The van der Waals surface area contributed by atoms with Crippen LogP contribution in [-0.4, -0.2) is 11.9 Å².